The van der Waals surface area contributed by atoms with Gasteiger partial charge < -0.3 is 9.84 Å². The van der Waals surface area contributed by atoms with Crippen LogP contribution in [-0.2, 0) is 6.42 Å². The third-order valence-electron chi connectivity index (χ3n) is 3.43. The van der Waals surface area contributed by atoms with E-state index in [2.05, 4.69) is 27.5 Å². The Hall–Kier alpha value is -1.60. The van der Waals surface area contributed by atoms with Crippen molar-refractivity contribution in [2.24, 2.45) is 0 Å². The highest BCUT2D eigenvalue weighted by Gasteiger charge is 2.14. The predicted octanol–water partition coefficient (Wildman–Crippen LogP) is 3.80. The molecule has 0 aliphatic rings. The molecule has 0 spiro atoms. The monoisotopic (exact) mass is 387 g/mol. The molecule has 0 aliphatic carbocycles. The number of aromatic nitrogens is 4. The molecule has 1 atom stereocenters. The Morgan fingerprint density at radius 3 is 2.75 bits per heavy atom. The highest BCUT2D eigenvalue weighted by atomic mass is 35.5. The van der Waals surface area contributed by atoms with Crippen LogP contribution in [0.2, 0.25) is 10.0 Å². The molecule has 0 saturated heterocycles. The molecule has 3 aromatic rings. The Morgan fingerprint density at radius 1 is 1.25 bits per heavy atom. The van der Waals surface area contributed by atoms with Crippen LogP contribution in [0.25, 0.3) is 17.3 Å². The number of rotatable bonds is 5. The highest BCUT2D eigenvalue weighted by molar-refractivity contribution is 6.42. The van der Waals surface area contributed by atoms with Gasteiger partial charge in [0.15, 0.2) is 11.5 Å². The van der Waals surface area contributed by atoms with Crippen molar-refractivity contribution < 1.29 is 4.52 Å². The van der Waals surface area contributed by atoms with Gasteiger partial charge in [-0.2, -0.15) is 10.1 Å². The largest absolute Gasteiger partial charge is 0.332 e. The third-order valence-corrected chi connectivity index (χ3v) is 4.16. The Labute approximate surface area is 155 Å². The molecule has 1 aromatic carbocycles. The number of nitrogens with zero attached hydrogens (tertiary/aromatic N) is 4. The number of likely N-dealkylation sites (N-methyl/N-ethyl adjacent to an activating group) is 1. The fraction of sp³-hybridized carbons (Fsp3) is 0.267. The lowest BCUT2D eigenvalue weighted by Crippen LogP contribution is -2.24. The van der Waals surface area contributed by atoms with Crippen LogP contribution >= 0.6 is 35.6 Å². The van der Waals surface area contributed by atoms with Crippen molar-refractivity contribution in [3.8, 4) is 17.3 Å². The highest BCUT2D eigenvalue weighted by Crippen LogP contribution is 2.25. The van der Waals surface area contributed by atoms with Gasteiger partial charge in [-0.15, -0.1) is 12.4 Å². The van der Waals surface area contributed by atoms with Gasteiger partial charge in [0.05, 0.1) is 15.7 Å². The van der Waals surface area contributed by atoms with Gasteiger partial charge in [0.25, 0.3) is 5.89 Å². The summed E-state index contributed by atoms with van der Waals surface area (Å²) in [4.78, 5) is 4.37. The van der Waals surface area contributed by atoms with Crippen LogP contribution in [0, 0.1) is 0 Å². The first-order valence-corrected chi connectivity index (χ1v) is 7.83. The molecule has 2 heterocycles. The van der Waals surface area contributed by atoms with E-state index in [9.17, 15) is 0 Å². The van der Waals surface area contributed by atoms with Crippen molar-refractivity contribution in [3.63, 3.8) is 0 Å². The number of nitrogens with one attached hydrogen (secondary N) is 1. The molecule has 2 aromatic heterocycles. The summed E-state index contributed by atoms with van der Waals surface area (Å²) in [6.45, 7) is 2.05. The van der Waals surface area contributed by atoms with Crippen molar-refractivity contribution in [2.45, 2.75) is 19.4 Å². The molecule has 128 valence electrons. The second-order valence-corrected chi connectivity index (χ2v) is 5.97. The standard InChI is InChI=1S/C15H15Cl2N5O.ClH/c1-9(18-2)7-14-19-15(23-21-14)13-5-6-22(20-13)10-3-4-11(16)12(17)8-10;/h3-6,8-9,18H,7H2,1-2H3;1H. The second-order valence-electron chi connectivity index (χ2n) is 5.15. The van der Waals surface area contributed by atoms with E-state index in [1.807, 2.05) is 13.1 Å². The van der Waals surface area contributed by atoms with Crippen LogP contribution < -0.4 is 5.32 Å². The maximum Gasteiger partial charge on any atom is 0.278 e. The van der Waals surface area contributed by atoms with Crippen LogP contribution in [0.5, 0.6) is 0 Å². The van der Waals surface area contributed by atoms with Crippen LogP contribution in [0.4, 0.5) is 0 Å². The van der Waals surface area contributed by atoms with Crippen LogP contribution in [-0.4, -0.2) is 33.0 Å². The maximum atomic E-state index is 6.03. The zero-order valence-corrected chi connectivity index (χ0v) is 15.4. The summed E-state index contributed by atoms with van der Waals surface area (Å²) in [6.07, 6.45) is 2.49. The molecular weight excluding hydrogens is 373 g/mol. The molecule has 0 amide bonds. The molecule has 0 saturated carbocycles. The van der Waals surface area contributed by atoms with Gasteiger partial charge in [-0.3, -0.25) is 0 Å². The molecular formula is C15H16Cl3N5O. The number of halogens is 3. The van der Waals surface area contributed by atoms with Gasteiger partial charge in [0, 0.05) is 18.7 Å². The van der Waals surface area contributed by atoms with E-state index >= 15 is 0 Å². The van der Waals surface area contributed by atoms with E-state index in [0.717, 1.165) is 5.69 Å². The molecule has 9 heteroatoms. The minimum atomic E-state index is 0. The van der Waals surface area contributed by atoms with Crippen molar-refractivity contribution >= 4 is 35.6 Å². The Bertz CT molecular complexity index is 817. The van der Waals surface area contributed by atoms with Crippen molar-refractivity contribution in [1.29, 1.82) is 0 Å². The number of benzene rings is 1. The van der Waals surface area contributed by atoms with Crippen molar-refractivity contribution in [3.05, 3.63) is 46.3 Å². The lowest BCUT2D eigenvalue weighted by atomic mass is 10.2. The molecule has 1 unspecified atom stereocenters. The van der Waals surface area contributed by atoms with E-state index < -0.39 is 0 Å². The van der Waals surface area contributed by atoms with E-state index in [4.69, 9.17) is 27.7 Å². The van der Waals surface area contributed by atoms with E-state index in [1.165, 1.54) is 0 Å². The Kier molecular flexibility index (Phi) is 6.23. The zero-order chi connectivity index (χ0) is 16.4. The molecule has 0 aliphatic heterocycles. The minimum Gasteiger partial charge on any atom is -0.332 e. The third kappa shape index (κ3) is 4.08. The number of hydrogen-bond donors (Lipinski definition) is 1. The van der Waals surface area contributed by atoms with Crippen LogP contribution in [0.15, 0.2) is 35.0 Å². The quantitative estimate of drug-likeness (QED) is 0.720. The van der Waals surface area contributed by atoms with Crippen LogP contribution in [0.1, 0.15) is 12.7 Å². The first-order valence-electron chi connectivity index (χ1n) is 7.08. The molecule has 0 fully saturated rings. The summed E-state index contributed by atoms with van der Waals surface area (Å²) in [5.74, 6) is 1.04. The van der Waals surface area contributed by atoms with Gasteiger partial charge in [-0.1, -0.05) is 28.4 Å². The SMILES string of the molecule is CNC(C)Cc1noc(-c2ccn(-c3ccc(Cl)c(Cl)c3)n2)n1.Cl. The van der Waals surface area contributed by atoms with Crippen molar-refractivity contribution in [1.82, 2.24) is 25.2 Å². The minimum absolute atomic E-state index is 0. The average molecular weight is 389 g/mol. The summed E-state index contributed by atoms with van der Waals surface area (Å²) >= 11 is 12.0. The summed E-state index contributed by atoms with van der Waals surface area (Å²) < 4.78 is 6.95. The van der Waals surface area contributed by atoms with E-state index in [-0.39, 0.29) is 18.4 Å². The van der Waals surface area contributed by atoms with Gasteiger partial charge in [0.1, 0.15) is 0 Å². The molecule has 1 N–H and O–H groups in total. The first-order chi connectivity index (χ1) is 11.1. The maximum absolute atomic E-state index is 6.03. The average Bonchev–Trinajstić information content (AvgIpc) is 3.19. The zero-order valence-electron chi connectivity index (χ0n) is 13.0. The smallest absolute Gasteiger partial charge is 0.278 e. The summed E-state index contributed by atoms with van der Waals surface area (Å²) in [6, 6.07) is 7.38. The Morgan fingerprint density at radius 2 is 2.04 bits per heavy atom. The van der Waals surface area contributed by atoms with Gasteiger partial charge in [-0.05, 0) is 38.2 Å². The molecule has 0 radical (unpaired) electrons. The summed E-state index contributed by atoms with van der Waals surface area (Å²) in [5, 5.41) is 12.5. The van der Waals surface area contributed by atoms with Gasteiger partial charge in [-0.25, -0.2) is 4.68 Å². The van der Waals surface area contributed by atoms with Crippen LogP contribution in [0.3, 0.4) is 0 Å². The van der Waals surface area contributed by atoms with Crippen molar-refractivity contribution in [2.75, 3.05) is 7.05 Å². The topological polar surface area (TPSA) is 68.8 Å². The summed E-state index contributed by atoms with van der Waals surface area (Å²) in [5.41, 5.74) is 1.40. The Balaban J connectivity index is 0.00000208. The van der Waals surface area contributed by atoms with Gasteiger partial charge >= 0.3 is 0 Å². The fourth-order valence-electron chi connectivity index (χ4n) is 2.03. The molecule has 0 bridgehead atoms. The lowest BCUT2D eigenvalue weighted by molar-refractivity contribution is 0.417. The normalized spacial score (nSPS) is 12.0. The first kappa shape index (κ1) is 18.7. The summed E-state index contributed by atoms with van der Waals surface area (Å²) in [7, 11) is 1.89. The molecule has 24 heavy (non-hydrogen) atoms. The van der Waals surface area contributed by atoms with E-state index in [1.54, 1.807) is 29.1 Å². The molecule has 3 rings (SSSR count). The van der Waals surface area contributed by atoms with E-state index in [0.29, 0.717) is 33.9 Å². The lowest BCUT2D eigenvalue weighted by Gasteiger charge is -2.04. The number of hydrogen-bond acceptors (Lipinski definition) is 5. The van der Waals surface area contributed by atoms with Gasteiger partial charge in [0.2, 0.25) is 0 Å². The fourth-order valence-corrected chi connectivity index (χ4v) is 2.32. The predicted molar refractivity (Wildman–Crippen MR) is 96.3 cm³/mol. The molecule has 6 nitrogen and oxygen atoms in total. The second kappa shape index (κ2) is 7.98.